The molecule has 13 heavy (non-hydrogen) atoms. The van der Waals surface area contributed by atoms with Crippen molar-refractivity contribution in [1.82, 2.24) is 15.1 Å². The van der Waals surface area contributed by atoms with E-state index in [0.717, 1.165) is 19.6 Å². The van der Waals surface area contributed by atoms with Crippen LogP contribution in [0.15, 0.2) is 18.5 Å². The minimum atomic E-state index is 0.965. The molecule has 0 spiro atoms. The van der Waals surface area contributed by atoms with Gasteiger partial charge in [0.05, 0.1) is 6.54 Å². The number of hydrogen-bond acceptors (Lipinski definition) is 3. The zero-order valence-corrected chi connectivity index (χ0v) is 8.89. The highest BCUT2D eigenvalue weighted by atomic mass is 32.2. The molecule has 0 aliphatic carbocycles. The van der Waals surface area contributed by atoms with Crippen LogP contribution in [0.5, 0.6) is 0 Å². The second-order valence-electron chi connectivity index (χ2n) is 2.87. The molecule has 0 radical (unpaired) electrons. The van der Waals surface area contributed by atoms with Crippen LogP contribution in [0.1, 0.15) is 6.42 Å². The van der Waals surface area contributed by atoms with Gasteiger partial charge in [-0.05, 0) is 31.0 Å². The number of hydrogen-bond donors (Lipinski definition) is 1. The fourth-order valence-electron chi connectivity index (χ4n) is 1.09. The van der Waals surface area contributed by atoms with E-state index in [-0.39, 0.29) is 0 Å². The molecular weight excluding hydrogens is 182 g/mol. The Labute approximate surface area is 83.9 Å². The van der Waals surface area contributed by atoms with E-state index >= 15 is 0 Å². The van der Waals surface area contributed by atoms with Crippen LogP contribution in [0, 0.1) is 0 Å². The number of nitrogens with zero attached hydrogens (tertiary/aromatic N) is 2. The van der Waals surface area contributed by atoms with E-state index in [4.69, 9.17) is 0 Å². The molecular formula is C9H17N3S. The molecule has 1 aromatic heterocycles. The molecule has 3 nitrogen and oxygen atoms in total. The van der Waals surface area contributed by atoms with Gasteiger partial charge in [-0.15, -0.1) is 0 Å². The zero-order valence-electron chi connectivity index (χ0n) is 8.07. The maximum absolute atomic E-state index is 4.12. The molecule has 1 N–H and O–H groups in total. The monoisotopic (exact) mass is 199 g/mol. The van der Waals surface area contributed by atoms with Crippen molar-refractivity contribution in [3.8, 4) is 0 Å². The average Bonchev–Trinajstić information content (AvgIpc) is 2.63. The molecule has 0 saturated carbocycles. The van der Waals surface area contributed by atoms with Crippen molar-refractivity contribution < 1.29 is 0 Å². The van der Waals surface area contributed by atoms with E-state index < -0.39 is 0 Å². The van der Waals surface area contributed by atoms with E-state index in [2.05, 4.69) is 16.7 Å². The predicted octanol–water partition coefficient (Wildman–Crippen LogP) is 1.23. The van der Waals surface area contributed by atoms with Gasteiger partial charge in [0.2, 0.25) is 0 Å². The van der Waals surface area contributed by atoms with Crippen molar-refractivity contribution >= 4 is 11.8 Å². The molecule has 0 saturated heterocycles. The summed E-state index contributed by atoms with van der Waals surface area (Å²) in [5.74, 6) is 1.24. The van der Waals surface area contributed by atoms with Crippen molar-refractivity contribution in [3.05, 3.63) is 18.5 Å². The Morgan fingerprint density at radius 3 is 3.08 bits per heavy atom. The highest BCUT2D eigenvalue weighted by Crippen LogP contribution is 1.93. The normalized spacial score (nSPS) is 10.5. The summed E-state index contributed by atoms with van der Waals surface area (Å²) in [6.07, 6.45) is 7.20. The lowest BCUT2D eigenvalue weighted by Crippen LogP contribution is -2.21. The first-order valence-electron chi connectivity index (χ1n) is 4.60. The largest absolute Gasteiger partial charge is 0.315 e. The summed E-state index contributed by atoms with van der Waals surface area (Å²) in [5.41, 5.74) is 0. The molecule has 0 fully saturated rings. The number of nitrogens with one attached hydrogen (secondary N) is 1. The first kappa shape index (κ1) is 10.6. The first-order chi connectivity index (χ1) is 6.43. The second kappa shape index (κ2) is 6.97. The summed E-state index contributed by atoms with van der Waals surface area (Å²) in [6.45, 7) is 3.09. The van der Waals surface area contributed by atoms with Crippen molar-refractivity contribution in [2.24, 2.45) is 0 Å². The van der Waals surface area contributed by atoms with Gasteiger partial charge in [0, 0.05) is 18.9 Å². The van der Waals surface area contributed by atoms with Crippen LogP contribution >= 0.6 is 11.8 Å². The Balaban J connectivity index is 1.90. The van der Waals surface area contributed by atoms with Gasteiger partial charge in [-0.2, -0.15) is 16.9 Å². The second-order valence-corrected chi connectivity index (χ2v) is 3.85. The smallest absolute Gasteiger partial charge is 0.0533 e. The SMILES string of the molecule is CSCCCNCCn1cccn1. The number of aromatic nitrogens is 2. The van der Waals surface area contributed by atoms with Crippen molar-refractivity contribution in [1.29, 1.82) is 0 Å². The summed E-state index contributed by atoms with van der Waals surface area (Å²) < 4.78 is 1.95. The van der Waals surface area contributed by atoms with Crippen molar-refractivity contribution in [2.75, 3.05) is 25.1 Å². The predicted molar refractivity (Wildman–Crippen MR) is 58.1 cm³/mol. The molecule has 0 bridgehead atoms. The molecule has 0 amide bonds. The number of rotatable bonds is 7. The lowest BCUT2D eigenvalue weighted by Gasteiger charge is -2.03. The fraction of sp³-hybridized carbons (Fsp3) is 0.667. The topological polar surface area (TPSA) is 29.9 Å². The van der Waals surface area contributed by atoms with Gasteiger partial charge in [0.25, 0.3) is 0 Å². The van der Waals surface area contributed by atoms with Crippen LogP contribution in [0.4, 0.5) is 0 Å². The summed E-state index contributed by atoms with van der Waals surface area (Å²) in [6, 6.07) is 1.95. The fourth-order valence-corrected chi connectivity index (χ4v) is 1.53. The molecule has 0 aliphatic rings. The third-order valence-corrected chi connectivity index (χ3v) is 2.48. The first-order valence-corrected chi connectivity index (χ1v) is 6.00. The molecule has 1 rings (SSSR count). The Kier molecular flexibility index (Phi) is 5.69. The van der Waals surface area contributed by atoms with E-state index in [0.29, 0.717) is 0 Å². The molecule has 0 aliphatic heterocycles. The van der Waals surface area contributed by atoms with Gasteiger partial charge in [0.1, 0.15) is 0 Å². The van der Waals surface area contributed by atoms with E-state index in [1.807, 2.05) is 34.9 Å². The zero-order chi connectivity index (χ0) is 9.36. The highest BCUT2D eigenvalue weighted by molar-refractivity contribution is 7.98. The van der Waals surface area contributed by atoms with E-state index in [1.165, 1.54) is 12.2 Å². The molecule has 0 aromatic carbocycles. The lowest BCUT2D eigenvalue weighted by atomic mass is 10.4. The standard InChI is InChI=1S/C9H17N3S/c1-13-9-3-4-10-6-8-12-7-2-5-11-12/h2,5,7,10H,3-4,6,8-9H2,1H3. The van der Waals surface area contributed by atoms with Gasteiger partial charge in [-0.25, -0.2) is 0 Å². The van der Waals surface area contributed by atoms with E-state index in [1.54, 1.807) is 0 Å². The van der Waals surface area contributed by atoms with Crippen molar-refractivity contribution in [3.63, 3.8) is 0 Å². The Morgan fingerprint density at radius 2 is 2.38 bits per heavy atom. The maximum Gasteiger partial charge on any atom is 0.0533 e. The van der Waals surface area contributed by atoms with Gasteiger partial charge in [-0.3, -0.25) is 4.68 Å². The Hall–Kier alpha value is -0.480. The highest BCUT2D eigenvalue weighted by Gasteiger charge is 1.90. The number of thioether (sulfide) groups is 1. The third-order valence-electron chi connectivity index (χ3n) is 1.78. The lowest BCUT2D eigenvalue weighted by molar-refractivity contribution is 0.554. The van der Waals surface area contributed by atoms with Crippen LogP contribution in [0.25, 0.3) is 0 Å². The van der Waals surface area contributed by atoms with E-state index in [9.17, 15) is 0 Å². The van der Waals surface area contributed by atoms with Crippen molar-refractivity contribution in [2.45, 2.75) is 13.0 Å². The summed E-state index contributed by atoms with van der Waals surface area (Å²) in [7, 11) is 0. The summed E-state index contributed by atoms with van der Waals surface area (Å²) >= 11 is 1.90. The Bertz CT molecular complexity index is 199. The minimum Gasteiger partial charge on any atom is -0.315 e. The minimum absolute atomic E-state index is 0.965. The molecule has 4 heteroatoms. The van der Waals surface area contributed by atoms with Gasteiger partial charge < -0.3 is 5.32 Å². The molecule has 0 atom stereocenters. The molecule has 1 aromatic rings. The van der Waals surface area contributed by atoms with Gasteiger partial charge in [0.15, 0.2) is 0 Å². The van der Waals surface area contributed by atoms with Crippen LogP contribution in [-0.4, -0.2) is 34.9 Å². The molecule has 74 valence electrons. The molecule has 0 unspecified atom stereocenters. The third kappa shape index (κ3) is 4.95. The van der Waals surface area contributed by atoms with Crippen LogP contribution in [0.2, 0.25) is 0 Å². The quantitative estimate of drug-likeness (QED) is 0.670. The summed E-state index contributed by atoms with van der Waals surface area (Å²) in [5, 5.41) is 7.51. The van der Waals surface area contributed by atoms with Gasteiger partial charge in [-0.1, -0.05) is 0 Å². The summed E-state index contributed by atoms with van der Waals surface area (Å²) in [4.78, 5) is 0. The Morgan fingerprint density at radius 1 is 1.46 bits per heavy atom. The van der Waals surface area contributed by atoms with Gasteiger partial charge >= 0.3 is 0 Å². The maximum atomic E-state index is 4.12. The molecule has 1 heterocycles. The average molecular weight is 199 g/mol. The van der Waals surface area contributed by atoms with Crippen LogP contribution in [0.3, 0.4) is 0 Å². The van der Waals surface area contributed by atoms with Crippen LogP contribution in [-0.2, 0) is 6.54 Å². The van der Waals surface area contributed by atoms with Crippen LogP contribution < -0.4 is 5.32 Å².